The highest BCUT2D eigenvalue weighted by molar-refractivity contribution is 9.11. The minimum absolute atomic E-state index is 1.22. The number of hydrogen-bond donors (Lipinski definition) is 0. The van der Waals surface area contributed by atoms with Crippen LogP contribution in [-0.2, 0) is 0 Å². The van der Waals surface area contributed by atoms with Crippen molar-refractivity contribution in [3.8, 4) is 0 Å². The van der Waals surface area contributed by atoms with Gasteiger partial charge in [0.2, 0.25) is 0 Å². The van der Waals surface area contributed by atoms with Crippen LogP contribution in [0.15, 0.2) is 47.5 Å². The van der Waals surface area contributed by atoms with Crippen molar-refractivity contribution in [2.45, 2.75) is 0 Å². The van der Waals surface area contributed by atoms with Gasteiger partial charge in [-0.25, -0.2) is 0 Å². The molecule has 0 heterocycles. The molecule has 0 aromatic heterocycles. The van der Waals surface area contributed by atoms with Crippen molar-refractivity contribution < 1.29 is 0 Å². The summed E-state index contributed by atoms with van der Waals surface area (Å²) >= 11 is 3.19. The van der Waals surface area contributed by atoms with Gasteiger partial charge in [0, 0.05) is 0 Å². The van der Waals surface area contributed by atoms with E-state index >= 15 is 0 Å². The van der Waals surface area contributed by atoms with Crippen LogP contribution < -0.4 is 0 Å². The van der Waals surface area contributed by atoms with Crippen LogP contribution in [0.3, 0.4) is 0 Å². The van der Waals surface area contributed by atoms with Crippen LogP contribution in [0.1, 0.15) is 5.56 Å². The SMILES string of the molecule is Br/C=C\C=Cc1ccccc1. The van der Waals surface area contributed by atoms with Crippen LogP contribution >= 0.6 is 15.9 Å². The molecule has 0 aliphatic rings. The molecule has 0 aliphatic heterocycles. The predicted molar refractivity (Wildman–Crippen MR) is 53.5 cm³/mol. The minimum atomic E-state index is 1.22. The number of rotatable bonds is 2. The molecule has 0 saturated carbocycles. The lowest BCUT2D eigenvalue weighted by Crippen LogP contribution is -1.65. The van der Waals surface area contributed by atoms with Crippen molar-refractivity contribution in [1.82, 2.24) is 0 Å². The van der Waals surface area contributed by atoms with Gasteiger partial charge in [-0.05, 0) is 10.5 Å². The molecule has 0 atom stereocenters. The Labute approximate surface area is 75.4 Å². The summed E-state index contributed by atoms with van der Waals surface area (Å²) in [5.74, 6) is 0. The highest BCUT2D eigenvalue weighted by Gasteiger charge is 1.78. The summed E-state index contributed by atoms with van der Waals surface area (Å²) in [6, 6.07) is 10.2. The zero-order chi connectivity index (χ0) is 7.94. The van der Waals surface area contributed by atoms with E-state index in [0.717, 1.165) is 0 Å². The molecule has 0 spiro atoms. The van der Waals surface area contributed by atoms with E-state index in [9.17, 15) is 0 Å². The molecule has 0 bridgehead atoms. The number of allylic oxidation sites excluding steroid dienone is 2. The Hall–Kier alpha value is -0.820. The van der Waals surface area contributed by atoms with E-state index in [-0.39, 0.29) is 0 Å². The lowest BCUT2D eigenvalue weighted by molar-refractivity contribution is 1.66. The van der Waals surface area contributed by atoms with Gasteiger partial charge in [0.15, 0.2) is 0 Å². The lowest BCUT2D eigenvalue weighted by Gasteiger charge is -1.87. The van der Waals surface area contributed by atoms with Gasteiger partial charge in [0.05, 0.1) is 0 Å². The third-order valence-corrected chi connectivity index (χ3v) is 1.58. The standard InChI is InChI=1S/C10H9Br/c11-9-5-4-8-10-6-2-1-3-7-10/h1-9H/b8-4?,9-5-. The Morgan fingerprint density at radius 1 is 1.00 bits per heavy atom. The zero-order valence-electron chi connectivity index (χ0n) is 6.07. The van der Waals surface area contributed by atoms with Crippen molar-refractivity contribution >= 4 is 22.0 Å². The average Bonchev–Trinajstić information content (AvgIpc) is 2.07. The van der Waals surface area contributed by atoms with Gasteiger partial charge in [-0.15, -0.1) is 0 Å². The molecule has 0 aliphatic carbocycles. The maximum atomic E-state index is 3.19. The van der Waals surface area contributed by atoms with Gasteiger partial charge in [-0.2, -0.15) is 0 Å². The van der Waals surface area contributed by atoms with E-state index in [2.05, 4.69) is 34.1 Å². The van der Waals surface area contributed by atoms with Crippen molar-refractivity contribution in [3.63, 3.8) is 0 Å². The summed E-state index contributed by atoms with van der Waals surface area (Å²) < 4.78 is 0. The monoisotopic (exact) mass is 208 g/mol. The Morgan fingerprint density at radius 2 is 1.73 bits per heavy atom. The van der Waals surface area contributed by atoms with Crippen LogP contribution in [-0.4, -0.2) is 0 Å². The first kappa shape index (κ1) is 8.28. The average molecular weight is 209 g/mol. The van der Waals surface area contributed by atoms with Gasteiger partial charge in [0.25, 0.3) is 0 Å². The Morgan fingerprint density at radius 3 is 2.36 bits per heavy atom. The van der Waals surface area contributed by atoms with Crippen LogP contribution in [0.25, 0.3) is 6.08 Å². The minimum Gasteiger partial charge on any atom is -0.0622 e. The molecular weight excluding hydrogens is 200 g/mol. The summed E-state index contributed by atoms with van der Waals surface area (Å²) in [5.41, 5.74) is 1.22. The van der Waals surface area contributed by atoms with E-state index in [1.807, 2.05) is 35.3 Å². The topological polar surface area (TPSA) is 0 Å². The highest BCUT2D eigenvalue weighted by Crippen LogP contribution is 2.00. The normalized spacial score (nSPS) is 11.4. The second kappa shape index (κ2) is 4.91. The van der Waals surface area contributed by atoms with E-state index < -0.39 is 0 Å². The molecule has 0 N–H and O–H groups in total. The first-order chi connectivity index (χ1) is 5.43. The summed E-state index contributed by atoms with van der Waals surface area (Å²) in [4.78, 5) is 1.83. The summed E-state index contributed by atoms with van der Waals surface area (Å²) in [6.45, 7) is 0. The van der Waals surface area contributed by atoms with Crippen molar-refractivity contribution in [1.29, 1.82) is 0 Å². The quantitative estimate of drug-likeness (QED) is 0.652. The highest BCUT2D eigenvalue weighted by atomic mass is 79.9. The van der Waals surface area contributed by atoms with E-state index in [1.54, 1.807) is 0 Å². The van der Waals surface area contributed by atoms with Crippen LogP contribution in [0.4, 0.5) is 0 Å². The maximum Gasteiger partial charge on any atom is -0.0189 e. The lowest BCUT2D eigenvalue weighted by atomic mass is 10.2. The fraction of sp³-hybridized carbons (Fsp3) is 0. The van der Waals surface area contributed by atoms with Crippen LogP contribution in [0, 0.1) is 0 Å². The molecule has 0 amide bonds. The van der Waals surface area contributed by atoms with Gasteiger partial charge in [-0.3, -0.25) is 0 Å². The van der Waals surface area contributed by atoms with Gasteiger partial charge < -0.3 is 0 Å². The van der Waals surface area contributed by atoms with Crippen LogP contribution in [0.2, 0.25) is 0 Å². The fourth-order valence-electron chi connectivity index (χ4n) is 0.773. The molecule has 11 heavy (non-hydrogen) atoms. The Bertz CT molecular complexity index is 247. The molecule has 0 radical (unpaired) electrons. The predicted octanol–water partition coefficient (Wildman–Crippen LogP) is 3.61. The molecule has 56 valence electrons. The Balaban J connectivity index is 2.64. The van der Waals surface area contributed by atoms with E-state index in [4.69, 9.17) is 0 Å². The summed E-state index contributed by atoms with van der Waals surface area (Å²) in [5, 5.41) is 0. The first-order valence-electron chi connectivity index (χ1n) is 3.42. The van der Waals surface area contributed by atoms with Crippen LogP contribution in [0.5, 0.6) is 0 Å². The maximum absolute atomic E-state index is 3.19. The van der Waals surface area contributed by atoms with Gasteiger partial charge in [-0.1, -0.05) is 64.5 Å². The first-order valence-corrected chi connectivity index (χ1v) is 4.33. The van der Waals surface area contributed by atoms with Crippen molar-refractivity contribution in [2.24, 2.45) is 0 Å². The fourth-order valence-corrected chi connectivity index (χ4v) is 0.949. The molecule has 1 aromatic rings. The number of benzene rings is 1. The zero-order valence-corrected chi connectivity index (χ0v) is 7.66. The smallest absolute Gasteiger partial charge is 0.0189 e. The number of halogens is 1. The van der Waals surface area contributed by atoms with Gasteiger partial charge in [0.1, 0.15) is 0 Å². The molecule has 0 saturated heterocycles. The molecule has 1 heteroatoms. The molecule has 1 rings (SSSR count). The summed E-state index contributed by atoms with van der Waals surface area (Å²) in [6.07, 6.45) is 5.98. The van der Waals surface area contributed by atoms with E-state index in [1.165, 1.54) is 5.56 Å². The molecule has 0 unspecified atom stereocenters. The number of hydrogen-bond acceptors (Lipinski definition) is 0. The third-order valence-electron chi connectivity index (χ3n) is 1.27. The third kappa shape index (κ3) is 3.19. The molecule has 0 nitrogen and oxygen atoms in total. The molecule has 0 fully saturated rings. The second-order valence-corrected chi connectivity index (χ2v) is 2.62. The van der Waals surface area contributed by atoms with Crippen molar-refractivity contribution in [3.05, 3.63) is 53.0 Å². The molecule has 1 aromatic carbocycles. The van der Waals surface area contributed by atoms with E-state index in [0.29, 0.717) is 0 Å². The Kier molecular flexibility index (Phi) is 3.70. The van der Waals surface area contributed by atoms with Gasteiger partial charge >= 0.3 is 0 Å². The van der Waals surface area contributed by atoms with Crippen molar-refractivity contribution in [2.75, 3.05) is 0 Å². The largest absolute Gasteiger partial charge is 0.0622 e. The second-order valence-electron chi connectivity index (χ2n) is 2.09. The molecular formula is C10H9Br. The summed E-state index contributed by atoms with van der Waals surface area (Å²) in [7, 11) is 0.